The molecule has 0 aliphatic carbocycles. The normalized spacial score (nSPS) is 14.2. The third-order valence-corrected chi connectivity index (χ3v) is 6.56. The average Bonchev–Trinajstić information content (AvgIpc) is 3.24. The zero-order chi connectivity index (χ0) is 20.4. The molecule has 0 fully saturated rings. The molecule has 8 heteroatoms. The summed E-state index contributed by atoms with van der Waals surface area (Å²) in [5.74, 6) is -1.02. The van der Waals surface area contributed by atoms with Crippen LogP contribution in [0.25, 0.3) is 5.57 Å². The van der Waals surface area contributed by atoms with Crippen LogP contribution in [0.1, 0.15) is 29.4 Å². The zero-order valence-electron chi connectivity index (χ0n) is 15.7. The van der Waals surface area contributed by atoms with Crippen molar-refractivity contribution in [1.29, 1.82) is 0 Å². The monoisotopic (exact) mass is 520 g/mol. The molecule has 29 heavy (non-hydrogen) atoms. The quantitative estimate of drug-likeness (QED) is 0.480. The second-order valence-electron chi connectivity index (χ2n) is 6.73. The van der Waals surface area contributed by atoms with Gasteiger partial charge in [-0.3, -0.25) is 9.78 Å². The Hall–Kier alpha value is -2.33. The minimum absolute atomic E-state index is 0.0436. The number of anilines is 2. The summed E-state index contributed by atoms with van der Waals surface area (Å²) in [5.41, 5.74) is 3.93. The highest BCUT2D eigenvalue weighted by molar-refractivity contribution is 14.1. The molecule has 2 aromatic heterocycles. The van der Waals surface area contributed by atoms with Crippen molar-refractivity contribution in [3.8, 4) is 0 Å². The van der Waals surface area contributed by atoms with E-state index in [0.29, 0.717) is 9.26 Å². The summed E-state index contributed by atoms with van der Waals surface area (Å²) in [6.07, 6.45) is 4.39. The number of hydrogen-bond donors (Lipinski definition) is 1. The molecule has 1 aliphatic heterocycles. The Balaban J connectivity index is 1.51. The van der Waals surface area contributed by atoms with Gasteiger partial charge >= 0.3 is 0 Å². The second-order valence-corrected chi connectivity index (χ2v) is 8.76. The largest absolute Gasteiger partial charge is 0.343 e. The molecular weight excluding hydrogens is 502 g/mol. The highest BCUT2D eigenvalue weighted by Gasteiger charge is 2.21. The van der Waals surface area contributed by atoms with Gasteiger partial charge in [-0.1, -0.05) is 11.6 Å². The molecule has 1 amide bonds. The van der Waals surface area contributed by atoms with Crippen LogP contribution in [-0.2, 0) is 0 Å². The van der Waals surface area contributed by atoms with Crippen LogP contribution in [0.5, 0.6) is 0 Å². The van der Waals surface area contributed by atoms with Crippen LogP contribution >= 0.6 is 33.9 Å². The first-order valence-electron chi connectivity index (χ1n) is 9.08. The van der Waals surface area contributed by atoms with Crippen LogP contribution in [-0.4, -0.2) is 29.0 Å². The third kappa shape index (κ3) is 4.32. The number of pyridine rings is 1. The van der Waals surface area contributed by atoms with Crippen molar-refractivity contribution < 1.29 is 9.18 Å². The van der Waals surface area contributed by atoms with E-state index in [-0.39, 0.29) is 5.56 Å². The maximum Gasteiger partial charge on any atom is 0.259 e. The fourth-order valence-corrected chi connectivity index (χ4v) is 4.63. The van der Waals surface area contributed by atoms with Crippen LogP contribution in [0.2, 0.25) is 0 Å². The van der Waals surface area contributed by atoms with E-state index in [0.717, 1.165) is 30.3 Å². The fraction of sp³-hybridized carbons (Fsp3) is 0.190. The van der Waals surface area contributed by atoms with Crippen LogP contribution in [0.15, 0.2) is 53.7 Å². The minimum atomic E-state index is -0.538. The topological polar surface area (TPSA) is 58.1 Å². The first kappa shape index (κ1) is 20.0. The van der Waals surface area contributed by atoms with E-state index in [4.69, 9.17) is 0 Å². The molecule has 0 saturated carbocycles. The average molecular weight is 520 g/mol. The van der Waals surface area contributed by atoms with E-state index >= 15 is 0 Å². The maximum atomic E-state index is 14.0. The van der Waals surface area contributed by atoms with Gasteiger partial charge in [0.25, 0.3) is 5.91 Å². The third-order valence-electron chi connectivity index (χ3n) is 4.83. The first-order chi connectivity index (χ1) is 14.0. The summed E-state index contributed by atoms with van der Waals surface area (Å²) in [6, 6.07) is 8.26. The standard InChI is InChI=1S/C21H18FIN4OS/c1-13-7-9-27(21-24-8-10-29-21)12-15(13)18-6-5-14(11-25-18)26-20(28)19-16(22)3-2-4-17(19)23/h2-6,8,10-11H,7,9,12H2,1H3,(H,26,28). The Morgan fingerprint density at radius 2 is 2.14 bits per heavy atom. The molecule has 5 nitrogen and oxygen atoms in total. The number of aromatic nitrogens is 2. The van der Waals surface area contributed by atoms with Gasteiger partial charge < -0.3 is 10.2 Å². The fourth-order valence-electron chi connectivity index (χ4n) is 3.25. The number of nitrogens with zero attached hydrogens (tertiary/aromatic N) is 3. The van der Waals surface area contributed by atoms with E-state index in [9.17, 15) is 9.18 Å². The van der Waals surface area contributed by atoms with Crippen molar-refractivity contribution in [2.24, 2.45) is 0 Å². The Labute approximate surface area is 185 Å². The van der Waals surface area contributed by atoms with Crippen molar-refractivity contribution in [3.63, 3.8) is 0 Å². The molecule has 0 saturated heterocycles. The number of carbonyl (C=O) groups is 1. The lowest BCUT2D eigenvalue weighted by atomic mass is 9.98. The van der Waals surface area contributed by atoms with Gasteiger partial charge in [-0.25, -0.2) is 9.37 Å². The number of hydrogen-bond acceptors (Lipinski definition) is 5. The number of carbonyl (C=O) groups excluding carboxylic acids is 1. The lowest BCUT2D eigenvalue weighted by molar-refractivity contribution is 0.102. The van der Waals surface area contributed by atoms with Crippen LogP contribution in [0, 0.1) is 9.39 Å². The van der Waals surface area contributed by atoms with Crippen molar-refractivity contribution in [2.45, 2.75) is 13.3 Å². The molecule has 0 radical (unpaired) electrons. The Kier molecular flexibility index (Phi) is 5.91. The number of thiazole rings is 1. The molecule has 0 bridgehead atoms. The van der Waals surface area contributed by atoms with Gasteiger partial charge in [-0.05, 0) is 65.8 Å². The second kappa shape index (κ2) is 8.58. The van der Waals surface area contributed by atoms with Gasteiger partial charge in [-0.15, -0.1) is 11.3 Å². The van der Waals surface area contributed by atoms with Gasteiger partial charge in [0.05, 0.1) is 23.1 Å². The van der Waals surface area contributed by atoms with E-state index < -0.39 is 11.7 Å². The molecule has 4 rings (SSSR count). The number of rotatable bonds is 4. The van der Waals surface area contributed by atoms with Gasteiger partial charge in [0.15, 0.2) is 5.13 Å². The summed E-state index contributed by atoms with van der Waals surface area (Å²) < 4.78 is 14.6. The first-order valence-corrected chi connectivity index (χ1v) is 11.0. The van der Waals surface area contributed by atoms with Gasteiger partial charge in [-0.2, -0.15) is 0 Å². The highest BCUT2D eigenvalue weighted by Crippen LogP contribution is 2.30. The van der Waals surface area contributed by atoms with Crippen molar-refractivity contribution >= 4 is 56.2 Å². The van der Waals surface area contributed by atoms with Crippen molar-refractivity contribution in [2.75, 3.05) is 23.3 Å². The van der Waals surface area contributed by atoms with Crippen LogP contribution < -0.4 is 10.2 Å². The van der Waals surface area contributed by atoms with E-state index in [1.807, 2.05) is 40.2 Å². The number of halogens is 2. The highest BCUT2D eigenvalue weighted by atomic mass is 127. The van der Waals surface area contributed by atoms with E-state index in [1.165, 1.54) is 17.2 Å². The summed E-state index contributed by atoms with van der Waals surface area (Å²) in [5, 5.41) is 5.72. The van der Waals surface area contributed by atoms with Gasteiger partial charge in [0, 0.05) is 28.2 Å². The van der Waals surface area contributed by atoms with E-state index in [2.05, 4.69) is 27.1 Å². The predicted molar refractivity (Wildman–Crippen MR) is 123 cm³/mol. The lowest BCUT2D eigenvalue weighted by Gasteiger charge is -2.29. The summed E-state index contributed by atoms with van der Waals surface area (Å²) >= 11 is 3.59. The molecule has 1 aromatic carbocycles. The molecule has 3 aromatic rings. The molecule has 1 aliphatic rings. The maximum absolute atomic E-state index is 14.0. The lowest BCUT2D eigenvalue weighted by Crippen LogP contribution is -2.30. The Morgan fingerprint density at radius 1 is 1.28 bits per heavy atom. The summed E-state index contributed by atoms with van der Waals surface area (Å²) in [7, 11) is 0. The molecule has 1 N–H and O–H groups in total. The van der Waals surface area contributed by atoms with Crippen LogP contribution in [0.3, 0.4) is 0 Å². The van der Waals surface area contributed by atoms with Crippen molar-refractivity contribution in [1.82, 2.24) is 9.97 Å². The number of amides is 1. The van der Waals surface area contributed by atoms with Crippen LogP contribution in [0.4, 0.5) is 15.2 Å². The Bertz CT molecular complexity index is 1050. The van der Waals surface area contributed by atoms with E-state index in [1.54, 1.807) is 35.7 Å². The molecule has 148 valence electrons. The number of benzene rings is 1. The number of nitrogens with one attached hydrogen (secondary N) is 1. The smallest absolute Gasteiger partial charge is 0.259 e. The van der Waals surface area contributed by atoms with Crippen molar-refractivity contribution in [3.05, 3.63) is 74.3 Å². The van der Waals surface area contributed by atoms with Gasteiger partial charge in [0.1, 0.15) is 5.82 Å². The van der Waals surface area contributed by atoms with Gasteiger partial charge in [0.2, 0.25) is 0 Å². The molecule has 0 spiro atoms. The molecule has 0 unspecified atom stereocenters. The molecule has 0 atom stereocenters. The Morgan fingerprint density at radius 3 is 2.83 bits per heavy atom. The molecule has 3 heterocycles. The summed E-state index contributed by atoms with van der Waals surface area (Å²) in [4.78, 5) is 23.7. The zero-order valence-corrected chi connectivity index (χ0v) is 18.6. The summed E-state index contributed by atoms with van der Waals surface area (Å²) in [6.45, 7) is 3.83. The SMILES string of the molecule is CC1=C(c2ccc(NC(=O)c3c(F)cccc3I)cn2)CN(c2nccs2)CC1. The predicted octanol–water partition coefficient (Wildman–Crippen LogP) is 5.22. The minimum Gasteiger partial charge on any atom is -0.343 e. The molecular formula is C21H18FIN4OS.